The Bertz CT molecular complexity index is 1480. The number of carboxylic acid groups (broad SMARTS) is 1. The van der Waals surface area contributed by atoms with E-state index in [0.717, 1.165) is 19.4 Å². The molecule has 6 amide bonds. The molecule has 0 aromatic carbocycles. The number of aliphatic carboxylic acids is 1. The topological polar surface area (TPSA) is 326 Å². The van der Waals surface area contributed by atoms with Gasteiger partial charge in [-0.15, -0.1) is 0 Å². The molecule has 0 radical (unpaired) electrons. The van der Waals surface area contributed by atoms with Crippen molar-refractivity contribution in [1.29, 1.82) is 0 Å². The van der Waals surface area contributed by atoms with Crippen LogP contribution in [0.15, 0.2) is 9.98 Å². The molecule has 0 saturated carbocycles. The van der Waals surface area contributed by atoms with Crippen molar-refractivity contribution < 1.29 is 38.7 Å². The highest BCUT2D eigenvalue weighted by Gasteiger charge is 2.44. The van der Waals surface area contributed by atoms with Gasteiger partial charge in [0.05, 0.1) is 12.6 Å². The van der Waals surface area contributed by atoms with Crippen LogP contribution in [0.3, 0.4) is 0 Å². The van der Waals surface area contributed by atoms with Crippen LogP contribution in [-0.2, 0) is 33.6 Å². The fourth-order valence-corrected chi connectivity index (χ4v) is 7.70. The van der Waals surface area contributed by atoms with Crippen LogP contribution in [0.4, 0.5) is 0 Å². The number of nitrogens with zero attached hydrogens (tertiary/aromatic N) is 5. The van der Waals surface area contributed by atoms with Gasteiger partial charge < -0.3 is 64.0 Å². The second-order valence-electron chi connectivity index (χ2n) is 14.4. The summed E-state index contributed by atoms with van der Waals surface area (Å²) in [6, 6.07) is -5.16. The van der Waals surface area contributed by atoms with Gasteiger partial charge in [-0.1, -0.05) is 0 Å². The lowest BCUT2D eigenvalue weighted by Gasteiger charge is -2.32. The molecule has 4 aliphatic rings. The normalized spacial score (nSPS) is 23.1. The number of guanidine groups is 2. The third kappa shape index (κ3) is 11.9. The predicted molar refractivity (Wildman–Crippen MR) is 200 cm³/mol. The molecule has 0 bridgehead atoms. The first-order valence-corrected chi connectivity index (χ1v) is 19.1. The standard InChI is InChI=1S/C34H57N13O8/c35-33(36)40-14-1-7-20(27(49)44-22(9-3-15-41-34(37)38)30(52)47-18-6-12-25(47)32(54)55)43-26(48)19-42-28(50)23-10-4-16-45(23)31(53)24-11-5-17-46(24)29(51)21-8-2-13-39-21/h20-25,39H,1-19H2,(H,42,50)(H,43,48)(H,44,49)(H,54,55)(H4,35,36,40)(H4,37,38,41)/t20-,21-,22-,23-,24-,25-/m0/s1. The molecule has 0 aliphatic carbocycles. The van der Waals surface area contributed by atoms with Crippen molar-refractivity contribution in [1.82, 2.24) is 36.0 Å². The lowest BCUT2D eigenvalue weighted by Crippen LogP contribution is -2.57. The highest BCUT2D eigenvalue weighted by atomic mass is 16.4. The Morgan fingerprint density at radius 1 is 0.691 bits per heavy atom. The van der Waals surface area contributed by atoms with Gasteiger partial charge in [0.2, 0.25) is 35.4 Å². The fourth-order valence-electron chi connectivity index (χ4n) is 7.70. The van der Waals surface area contributed by atoms with Gasteiger partial charge in [0, 0.05) is 32.7 Å². The first kappa shape index (κ1) is 42.5. The molecule has 4 fully saturated rings. The van der Waals surface area contributed by atoms with E-state index in [1.807, 2.05) is 0 Å². The number of likely N-dealkylation sites (tertiary alicyclic amines) is 3. The molecule has 6 atom stereocenters. The molecule has 4 rings (SSSR count). The molecule has 55 heavy (non-hydrogen) atoms. The first-order chi connectivity index (χ1) is 26.3. The van der Waals surface area contributed by atoms with E-state index in [1.165, 1.54) is 9.80 Å². The molecule has 306 valence electrons. The number of carboxylic acids is 1. The van der Waals surface area contributed by atoms with Gasteiger partial charge >= 0.3 is 5.97 Å². The number of rotatable bonds is 18. The summed E-state index contributed by atoms with van der Waals surface area (Å²) >= 11 is 0. The van der Waals surface area contributed by atoms with Gasteiger partial charge in [-0.2, -0.15) is 0 Å². The van der Waals surface area contributed by atoms with Crippen molar-refractivity contribution in [2.75, 3.05) is 45.8 Å². The number of nitrogens with two attached hydrogens (primary N) is 4. The van der Waals surface area contributed by atoms with E-state index < -0.39 is 66.4 Å². The lowest BCUT2D eigenvalue weighted by atomic mass is 10.1. The molecule has 4 aliphatic heterocycles. The minimum absolute atomic E-state index is 0.0521. The van der Waals surface area contributed by atoms with E-state index >= 15 is 0 Å². The average molecular weight is 776 g/mol. The van der Waals surface area contributed by atoms with Crippen molar-refractivity contribution in [2.45, 2.75) is 113 Å². The number of hydrogen-bond donors (Lipinski definition) is 9. The predicted octanol–water partition coefficient (Wildman–Crippen LogP) is -4.01. The van der Waals surface area contributed by atoms with Gasteiger partial charge in [0.25, 0.3) is 0 Å². The maximum Gasteiger partial charge on any atom is 0.326 e. The van der Waals surface area contributed by atoms with Gasteiger partial charge in [-0.05, 0) is 83.6 Å². The third-order valence-electron chi connectivity index (χ3n) is 10.4. The largest absolute Gasteiger partial charge is 0.480 e. The molecule has 21 heteroatoms. The monoisotopic (exact) mass is 775 g/mol. The Morgan fingerprint density at radius 3 is 1.84 bits per heavy atom. The van der Waals surface area contributed by atoms with Crippen LogP contribution in [0.1, 0.15) is 77.0 Å². The summed E-state index contributed by atoms with van der Waals surface area (Å²) < 4.78 is 0. The minimum atomic E-state index is -1.19. The average Bonchev–Trinajstić information content (AvgIpc) is 3.99. The Balaban J connectivity index is 1.39. The molecule has 0 unspecified atom stereocenters. The van der Waals surface area contributed by atoms with E-state index in [1.54, 1.807) is 4.90 Å². The third-order valence-corrected chi connectivity index (χ3v) is 10.4. The number of aliphatic imine (C=N–C) groups is 2. The highest BCUT2D eigenvalue weighted by Crippen LogP contribution is 2.26. The highest BCUT2D eigenvalue weighted by molar-refractivity contribution is 5.96. The van der Waals surface area contributed by atoms with Gasteiger partial charge in [0.15, 0.2) is 11.9 Å². The second kappa shape index (κ2) is 20.5. The minimum Gasteiger partial charge on any atom is -0.480 e. The van der Waals surface area contributed by atoms with Crippen LogP contribution in [0.5, 0.6) is 0 Å². The summed E-state index contributed by atoms with van der Waals surface area (Å²) in [4.78, 5) is 105. The zero-order valence-electron chi connectivity index (χ0n) is 31.2. The maximum atomic E-state index is 13.7. The number of amides is 6. The molecule has 0 spiro atoms. The molecule has 0 aromatic rings. The summed E-state index contributed by atoms with van der Waals surface area (Å²) in [5.41, 5.74) is 21.7. The van der Waals surface area contributed by atoms with E-state index in [-0.39, 0.29) is 81.5 Å². The van der Waals surface area contributed by atoms with Crippen molar-refractivity contribution in [2.24, 2.45) is 32.9 Å². The van der Waals surface area contributed by atoms with Crippen LogP contribution in [0, 0.1) is 0 Å². The smallest absolute Gasteiger partial charge is 0.326 e. The van der Waals surface area contributed by atoms with Gasteiger partial charge in [0.1, 0.15) is 30.2 Å². The number of hydrogen-bond acceptors (Lipinski definition) is 10. The quantitative estimate of drug-likeness (QED) is 0.0365. The summed E-state index contributed by atoms with van der Waals surface area (Å²) in [7, 11) is 0. The van der Waals surface area contributed by atoms with Crippen LogP contribution >= 0.6 is 0 Å². The SMILES string of the molecule is NC(N)=NCCC[C@H](NC(=O)CNC(=O)[C@@H]1CCCN1C(=O)[C@@H]1CCCN1C(=O)[C@@H]1CCCN1)C(=O)N[C@@H](CCCN=C(N)N)C(=O)N1CCC[C@H]1C(=O)O. The van der Waals surface area contributed by atoms with Crippen molar-refractivity contribution in [3.8, 4) is 0 Å². The number of nitrogens with one attached hydrogen (secondary N) is 4. The Hall–Kier alpha value is -5.21. The van der Waals surface area contributed by atoms with Gasteiger partial charge in [-0.3, -0.25) is 38.8 Å². The molecular weight excluding hydrogens is 718 g/mol. The molecule has 4 saturated heterocycles. The van der Waals surface area contributed by atoms with Crippen molar-refractivity contribution >= 4 is 53.3 Å². The molecule has 21 nitrogen and oxygen atoms in total. The first-order valence-electron chi connectivity index (χ1n) is 19.1. The lowest BCUT2D eigenvalue weighted by molar-refractivity contribution is -0.149. The van der Waals surface area contributed by atoms with Crippen molar-refractivity contribution in [3.05, 3.63) is 0 Å². The van der Waals surface area contributed by atoms with E-state index in [2.05, 4.69) is 31.3 Å². The Kier molecular flexibility index (Phi) is 15.8. The molecule has 4 heterocycles. The summed E-state index contributed by atoms with van der Waals surface area (Å²) in [6.45, 7) is 1.57. The Morgan fingerprint density at radius 2 is 1.25 bits per heavy atom. The molecule has 0 aromatic heterocycles. The number of carbonyl (C=O) groups is 7. The van der Waals surface area contributed by atoms with Crippen LogP contribution in [-0.4, -0.2) is 155 Å². The van der Waals surface area contributed by atoms with Gasteiger partial charge in [-0.25, -0.2) is 4.79 Å². The van der Waals surface area contributed by atoms with E-state index in [0.29, 0.717) is 45.2 Å². The summed E-state index contributed by atoms with van der Waals surface area (Å²) in [5, 5.41) is 20.7. The van der Waals surface area contributed by atoms with E-state index in [9.17, 15) is 38.7 Å². The zero-order chi connectivity index (χ0) is 40.1. The van der Waals surface area contributed by atoms with Crippen LogP contribution in [0.25, 0.3) is 0 Å². The second-order valence-corrected chi connectivity index (χ2v) is 14.4. The number of carbonyl (C=O) groups excluding carboxylic acids is 6. The molecule has 13 N–H and O–H groups in total. The summed E-state index contributed by atoms with van der Waals surface area (Å²) in [5.74, 6) is -4.38. The van der Waals surface area contributed by atoms with Crippen molar-refractivity contribution in [3.63, 3.8) is 0 Å². The summed E-state index contributed by atoms with van der Waals surface area (Å²) in [6.07, 6.45) is 5.20. The van der Waals surface area contributed by atoms with Crippen LogP contribution < -0.4 is 44.2 Å². The Labute approximate surface area is 319 Å². The molecular formula is C34H57N13O8. The fraction of sp³-hybridized carbons (Fsp3) is 0.735. The maximum absolute atomic E-state index is 13.7. The van der Waals surface area contributed by atoms with Crippen LogP contribution in [0.2, 0.25) is 0 Å². The van der Waals surface area contributed by atoms with E-state index in [4.69, 9.17) is 22.9 Å². The zero-order valence-corrected chi connectivity index (χ0v) is 31.2.